The Bertz CT molecular complexity index is 1410. The summed E-state index contributed by atoms with van der Waals surface area (Å²) >= 11 is 12.7. The molecule has 5 rings (SSSR count). The highest BCUT2D eigenvalue weighted by Crippen LogP contribution is 2.30. The minimum absolute atomic E-state index is 0.0439. The maximum atomic E-state index is 13.7. The maximum Gasteiger partial charge on any atom is 0.313 e. The van der Waals surface area contributed by atoms with E-state index >= 15 is 0 Å². The van der Waals surface area contributed by atoms with E-state index in [1.807, 2.05) is 0 Å². The lowest BCUT2D eigenvalue weighted by Gasteiger charge is -2.48. The number of anilines is 2. The largest absolute Gasteiger partial charge is 0.402 e. The monoisotopic (exact) mass is 582 g/mol. The van der Waals surface area contributed by atoms with Crippen molar-refractivity contribution in [3.63, 3.8) is 0 Å². The van der Waals surface area contributed by atoms with Gasteiger partial charge in [-0.3, -0.25) is 19.2 Å². The number of rotatable bonds is 6. The van der Waals surface area contributed by atoms with Gasteiger partial charge in [0.25, 0.3) is 11.4 Å². The Balaban J connectivity index is 1.25. The Morgan fingerprint density at radius 1 is 1.10 bits per heavy atom. The second kappa shape index (κ2) is 11.4. The molecule has 1 aromatic carbocycles. The fourth-order valence-corrected chi connectivity index (χ4v) is 6.18. The third kappa shape index (κ3) is 5.60. The topological polar surface area (TPSA) is 110 Å². The van der Waals surface area contributed by atoms with Gasteiger partial charge in [-0.15, -0.1) is 5.10 Å². The molecule has 0 unspecified atom stereocenters. The molecule has 0 bridgehead atoms. The van der Waals surface area contributed by atoms with E-state index < -0.39 is 17.2 Å². The van der Waals surface area contributed by atoms with E-state index in [0.717, 1.165) is 45.0 Å². The van der Waals surface area contributed by atoms with Crippen LogP contribution in [0.15, 0.2) is 21.3 Å². The zero-order chi connectivity index (χ0) is 27.8. The molecule has 2 aliphatic rings. The molecule has 1 atom stereocenters. The molecule has 0 amide bonds. The number of hydrogen-bond donors (Lipinski definition) is 1. The first-order valence-corrected chi connectivity index (χ1v) is 13.6. The first kappa shape index (κ1) is 27.8. The van der Waals surface area contributed by atoms with Crippen LogP contribution in [-0.4, -0.2) is 74.4 Å². The van der Waals surface area contributed by atoms with Gasteiger partial charge in [-0.2, -0.15) is 0 Å². The molecule has 0 spiro atoms. The van der Waals surface area contributed by atoms with Crippen LogP contribution in [0.1, 0.15) is 31.7 Å². The van der Waals surface area contributed by atoms with E-state index in [2.05, 4.69) is 36.8 Å². The van der Waals surface area contributed by atoms with Crippen molar-refractivity contribution >= 4 is 35.0 Å². The molecule has 2 fully saturated rings. The fraction of sp³-hybridized carbons (Fsp3) is 0.520. The molecule has 0 aliphatic carbocycles. The maximum absolute atomic E-state index is 13.7. The molecular formula is C25H30Cl2F2N8O2. The number of halogens is 4. The summed E-state index contributed by atoms with van der Waals surface area (Å²) in [6, 6.07) is 2.73. The van der Waals surface area contributed by atoms with Crippen LogP contribution in [0.2, 0.25) is 10.2 Å². The molecule has 2 saturated heterocycles. The molecule has 2 aliphatic heterocycles. The standard InChI is InChI=1S/C25H30Cl2F2N8O2/c1-3-15-13-36(23-21(27)31-20(24(38)34(23)2)22-32-33-25(30)39-22)8-9-37(15)16-4-6-35(7-5-16)12-14-10-18(28)19(29)11-17(14)26/h10-11,15-16H,3-9,12-13H2,1-2H3,(H2,30,33)/t15-/m0/s1. The Kier molecular flexibility index (Phi) is 8.08. The summed E-state index contributed by atoms with van der Waals surface area (Å²) in [6.07, 6.45) is 2.85. The minimum atomic E-state index is -0.933. The van der Waals surface area contributed by atoms with E-state index in [1.54, 1.807) is 7.05 Å². The Labute approximate surface area is 234 Å². The summed E-state index contributed by atoms with van der Waals surface area (Å²) in [5.74, 6) is -1.34. The van der Waals surface area contributed by atoms with E-state index in [9.17, 15) is 13.6 Å². The van der Waals surface area contributed by atoms with Crippen LogP contribution in [0.3, 0.4) is 0 Å². The second-order valence-corrected chi connectivity index (χ2v) is 10.8. The number of aromatic nitrogens is 4. The van der Waals surface area contributed by atoms with Crippen molar-refractivity contribution in [3.05, 3.63) is 49.9 Å². The lowest BCUT2D eigenvalue weighted by atomic mass is 9.98. The van der Waals surface area contributed by atoms with Gasteiger partial charge in [-0.05, 0) is 50.0 Å². The number of nitrogens with two attached hydrogens (primary N) is 1. The van der Waals surface area contributed by atoms with Gasteiger partial charge in [0, 0.05) is 50.3 Å². The van der Waals surface area contributed by atoms with Gasteiger partial charge in [0.1, 0.15) is 5.82 Å². The molecule has 2 N–H and O–H groups in total. The smallest absolute Gasteiger partial charge is 0.313 e. The summed E-state index contributed by atoms with van der Waals surface area (Å²) in [7, 11) is 1.65. The van der Waals surface area contributed by atoms with Gasteiger partial charge < -0.3 is 15.1 Å². The van der Waals surface area contributed by atoms with Crippen LogP contribution < -0.4 is 16.2 Å². The van der Waals surface area contributed by atoms with Crippen molar-refractivity contribution in [3.8, 4) is 11.6 Å². The highest BCUT2D eigenvalue weighted by Gasteiger charge is 2.35. The van der Waals surface area contributed by atoms with Gasteiger partial charge in [0.15, 0.2) is 22.5 Å². The molecule has 10 nitrogen and oxygen atoms in total. The lowest BCUT2D eigenvalue weighted by molar-refractivity contribution is 0.0609. The third-order valence-electron chi connectivity index (χ3n) is 7.67. The van der Waals surface area contributed by atoms with Crippen LogP contribution in [0, 0.1) is 11.6 Å². The summed E-state index contributed by atoms with van der Waals surface area (Å²) in [5.41, 5.74) is 5.65. The highest BCUT2D eigenvalue weighted by atomic mass is 35.5. The number of nitrogen functional groups attached to an aromatic ring is 1. The molecule has 0 radical (unpaired) electrons. The summed E-state index contributed by atoms with van der Waals surface area (Å²) in [4.78, 5) is 24.2. The molecule has 4 heterocycles. The lowest BCUT2D eigenvalue weighted by Crippen LogP contribution is -2.59. The zero-order valence-corrected chi connectivity index (χ0v) is 23.2. The zero-order valence-electron chi connectivity index (χ0n) is 21.7. The van der Waals surface area contributed by atoms with Gasteiger partial charge in [0.2, 0.25) is 0 Å². The molecule has 14 heteroatoms. The SMILES string of the molecule is CC[C@H]1CN(c2c(Cl)nc(-c3nnc(N)o3)c(=O)n2C)CCN1C1CCN(Cc2cc(F)c(F)cc2Cl)CC1. The van der Waals surface area contributed by atoms with Gasteiger partial charge in [0.05, 0.1) is 0 Å². The van der Waals surface area contributed by atoms with Crippen LogP contribution in [0.5, 0.6) is 0 Å². The predicted octanol–water partition coefficient (Wildman–Crippen LogP) is 3.56. The number of benzene rings is 1. The average Bonchev–Trinajstić information content (AvgIpc) is 3.35. The summed E-state index contributed by atoms with van der Waals surface area (Å²) < 4.78 is 33.8. The van der Waals surface area contributed by atoms with Gasteiger partial charge in [-0.1, -0.05) is 35.2 Å². The molecule has 39 heavy (non-hydrogen) atoms. The number of likely N-dealkylation sites (tertiary alicyclic amines) is 1. The molecule has 2 aromatic heterocycles. The second-order valence-electron chi connectivity index (χ2n) is 10.00. The number of nitrogens with zero attached hydrogens (tertiary/aromatic N) is 7. The quantitative estimate of drug-likeness (QED) is 0.436. The predicted molar refractivity (Wildman–Crippen MR) is 145 cm³/mol. The minimum Gasteiger partial charge on any atom is -0.402 e. The van der Waals surface area contributed by atoms with Crippen molar-refractivity contribution < 1.29 is 13.2 Å². The van der Waals surface area contributed by atoms with Gasteiger partial charge in [-0.25, -0.2) is 13.8 Å². The molecule has 0 saturated carbocycles. The summed E-state index contributed by atoms with van der Waals surface area (Å²) in [6.45, 7) is 6.50. The van der Waals surface area contributed by atoms with Crippen LogP contribution >= 0.6 is 23.2 Å². The molecule has 3 aromatic rings. The van der Waals surface area contributed by atoms with Crippen molar-refractivity contribution in [1.29, 1.82) is 0 Å². The van der Waals surface area contributed by atoms with Crippen LogP contribution in [0.4, 0.5) is 20.6 Å². The van der Waals surface area contributed by atoms with E-state index in [4.69, 9.17) is 33.4 Å². The van der Waals surface area contributed by atoms with Crippen molar-refractivity contribution in [2.75, 3.05) is 43.4 Å². The van der Waals surface area contributed by atoms with Gasteiger partial charge >= 0.3 is 6.01 Å². The first-order valence-electron chi connectivity index (χ1n) is 12.9. The molecular weight excluding hydrogens is 553 g/mol. The third-order valence-corrected chi connectivity index (χ3v) is 8.28. The van der Waals surface area contributed by atoms with Crippen LogP contribution in [0.25, 0.3) is 11.6 Å². The average molecular weight is 583 g/mol. The van der Waals surface area contributed by atoms with Crippen molar-refractivity contribution in [1.82, 2.24) is 29.5 Å². The van der Waals surface area contributed by atoms with Crippen molar-refractivity contribution in [2.24, 2.45) is 7.05 Å². The summed E-state index contributed by atoms with van der Waals surface area (Å²) in [5, 5.41) is 7.77. The fourth-order valence-electron chi connectivity index (χ4n) is 5.64. The Hall–Kier alpha value is -2.80. The van der Waals surface area contributed by atoms with E-state index in [-0.39, 0.29) is 33.8 Å². The van der Waals surface area contributed by atoms with E-state index in [1.165, 1.54) is 10.6 Å². The molecule has 210 valence electrons. The highest BCUT2D eigenvalue weighted by molar-refractivity contribution is 6.32. The van der Waals surface area contributed by atoms with Crippen molar-refractivity contribution in [2.45, 2.75) is 44.8 Å². The number of hydrogen-bond acceptors (Lipinski definition) is 9. The first-order chi connectivity index (χ1) is 18.7. The number of piperazine rings is 1. The van der Waals surface area contributed by atoms with Crippen LogP contribution in [-0.2, 0) is 13.6 Å². The number of piperidine rings is 1. The Morgan fingerprint density at radius 2 is 1.82 bits per heavy atom. The normalized spacial score (nSPS) is 19.6. The Morgan fingerprint density at radius 3 is 2.49 bits per heavy atom. The van der Waals surface area contributed by atoms with E-state index in [0.29, 0.717) is 37.1 Å².